The van der Waals surface area contributed by atoms with E-state index in [1.54, 1.807) is 36.4 Å². The van der Waals surface area contributed by atoms with Gasteiger partial charge in [-0.15, -0.1) is 4.47 Å². The SMILES string of the molecule is Cc1ccc(S(=O)(=O)N2OC(c3ccccc3)(c3ccc(Cl)cc3)C(Br)=C2c2ccccc2)cc1. The first-order chi connectivity index (χ1) is 16.8. The number of rotatable bonds is 5. The third-order valence-electron chi connectivity index (χ3n) is 5.93. The van der Waals surface area contributed by atoms with Crippen LogP contribution in [-0.2, 0) is 20.5 Å². The molecule has 0 fully saturated rings. The topological polar surface area (TPSA) is 46.6 Å². The second-order valence-electron chi connectivity index (χ2n) is 8.22. The second-order valence-corrected chi connectivity index (χ2v) is 11.2. The van der Waals surface area contributed by atoms with Gasteiger partial charge >= 0.3 is 0 Å². The lowest BCUT2D eigenvalue weighted by Crippen LogP contribution is -2.35. The molecule has 0 radical (unpaired) electrons. The summed E-state index contributed by atoms with van der Waals surface area (Å²) in [6.45, 7) is 1.91. The van der Waals surface area contributed by atoms with Crippen LogP contribution in [0.4, 0.5) is 0 Å². The van der Waals surface area contributed by atoms with Gasteiger partial charge in [-0.3, -0.25) is 0 Å². The van der Waals surface area contributed by atoms with Gasteiger partial charge in [-0.05, 0) is 58.2 Å². The van der Waals surface area contributed by atoms with Crippen molar-refractivity contribution in [1.29, 1.82) is 0 Å². The third kappa shape index (κ3) is 4.10. The highest BCUT2D eigenvalue weighted by Gasteiger charge is 2.52. The summed E-state index contributed by atoms with van der Waals surface area (Å²) < 4.78 is 29.6. The quantitative estimate of drug-likeness (QED) is 0.255. The maximum Gasteiger partial charge on any atom is 0.286 e. The van der Waals surface area contributed by atoms with Crippen LogP contribution in [0.2, 0.25) is 5.02 Å². The van der Waals surface area contributed by atoms with Crippen molar-refractivity contribution in [1.82, 2.24) is 4.47 Å². The summed E-state index contributed by atoms with van der Waals surface area (Å²) in [4.78, 5) is 6.71. The van der Waals surface area contributed by atoms with E-state index in [0.717, 1.165) is 21.2 Å². The van der Waals surface area contributed by atoms with E-state index < -0.39 is 15.6 Å². The Morgan fingerprint density at radius 1 is 0.771 bits per heavy atom. The van der Waals surface area contributed by atoms with Gasteiger partial charge < -0.3 is 0 Å². The van der Waals surface area contributed by atoms with Crippen LogP contribution in [0, 0.1) is 6.92 Å². The fourth-order valence-corrected chi connectivity index (χ4v) is 6.63. The van der Waals surface area contributed by atoms with Crippen LogP contribution in [0.3, 0.4) is 0 Å². The van der Waals surface area contributed by atoms with Crippen LogP contribution in [0.25, 0.3) is 5.70 Å². The molecule has 35 heavy (non-hydrogen) atoms. The maximum atomic E-state index is 14.0. The molecular formula is C28H21BrClNO3S. The highest BCUT2D eigenvalue weighted by molar-refractivity contribution is 9.12. The lowest BCUT2D eigenvalue weighted by molar-refractivity contribution is -0.103. The van der Waals surface area contributed by atoms with Crippen molar-refractivity contribution in [3.63, 3.8) is 0 Å². The van der Waals surface area contributed by atoms with Crippen molar-refractivity contribution in [2.75, 3.05) is 0 Å². The number of hydrogen-bond donors (Lipinski definition) is 0. The first-order valence-corrected chi connectivity index (χ1v) is 13.5. The van der Waals surface area contributed by atoms with E-state index in [-0.39, 0.29) is 4.90 Å². The molecule has 1 atom stereocenters. The molecule has 7 heteroatoms. The van der Waals surface area contributed by atoms with Crippen molar-refractivity contribution in [2.24, 2.45) is 0 Å². The lowest BCUT2D eigenvalue weighted by atomic mass is 9.85. The standard InChI is InChI=1S/C28H21BrClNO3S/c1-20-12-18-25(19-13-20)35(32,33)31-26(21-8-4-2-5-9-21)27(29)28(34-31,22-10-6-3-7-11-22)23-14-16-24(30)17-15-23/h2-19H,1H3. The highest BCUT2D eigenvalue weighted by atomic mass is 79.9. The van der Waals surface area contributed by atoms with E-state index in [1.165, 1.54) is 0 Å². The number of hydroxylamine groups is 1. The molecule has 0 saturated carbocycles. The zero-order valence-electron chi connectivity index (χ0n) is 18.7. The Morgan fingerprint density at radius 2 is 1.31 bits per heavy atom. The molecule has 4 nitrogen and oxygen atoms in total. The second kappa shape index (κ2) is 9.28. The molecule has 4 aromatic carbocycles. The minimum Gasteiger partial charge on any atom is -0.236 e. The first kappa shape index (κ1) is 23.8. The van der Waals surface area contributed by atoms with E-state index in [4.69, 9.17) is 16.4 Å². The molecule has 1 aliphatic rings. The highest BCUT2D eigenvalue weighted by Crippen LogP contribution is 2.54. The van der Waals surface area contributed by atoms with Gasteiger partial charge in [-0.2, -0.15) is 8.42 Å². The maximum absolute atomic E-state index is 14.0. The summed E-state index contributed by atoms with van der Waals surface area (Å²) >= 11 is 9.98. The molecule has 0 aromatic heterocycles. The average Bonchev–Trinajstić information content (AvgIpc) is 3.20. The Balaban J connectivity index is 1.80. The molecular weight excluding hydrogens is 546 g/mol. The first-order valence-electron chi connectivity index (χ1n) is 10.9. The van der Waals surface area contributed by atoms with Crippen LogP contribution in [0.1, 0.15) is 22.3 Å². The van der Waals surface area contributed by atoms with Crippen molar-refractivity contribution in [2.45, 2.75) is 17.4 Å². The van der Waals surface area contributed by atoms with Gasteiger partial charge in [0.15, 0.2) is 5.60 Å². The average molecular weight is 567 g/mol. The van der Waals surface area contributed by atoms with Gasteiger partial charge in [0.2, 0.25) is 0 Å². The van der Waals surface area contributed by atoms with Crippen molar-refractivity contribution >= 4 is 43.3 Å². The molecule has 1 aliphatic heterocycles. The number of sulfonamides is 1. The van der Waals surface area contributed by atoms with E-state index >= 15 is 0 Å². The molecule has 0 aliphatic carbocycles. The normalized spacial score (nSPS) is 18.2. The zero-order chi connectivity index (χ0) is 24.6. The summed E-state index contributed by atoms with van der Waals surface area (Å²) in [6, 6.07) is 32.8. The molecule has 0 amide bonds. The van der Waals surface area contributed by atoms with Gasteiger partial charge in [0, 0.05) is 10.6 Å². The summed E-state index contributed by atoms with van der Waals surface area (Å²) in [7, 11) is -4.08. The monoisotopic (exact) mass is 565 g/mol. The molecule has 4 aromatic rings. The number of hydrogen-bond acceptors (Lipinski definition) is 3. The summed E-state index contributed by atoms with van der Waals surface area (Å²) in [6.07, 6.45) is 0. The van der Waals surface area contributed by atoms with Crippen molar-refractivity contribution in [3.05, 3.63) is 141 Å². The Bertz CT molecular complexity index is 1490. The van der Waals surface area contributed by atoms with Gasteiger partial charge in [-0.1, -0.05) is 102 Å². The number of benzene rings is 4. The van der Waals surface area contributed by atoms with Crippen LogP contribution >= 0.6 is 27.5 Å². The predicted octanol–water partition coefficient (Wildman–Crippen LogP) is 7.29. The van der Waals surface area contributed by atoms with Crippen LogP contribution in [0.5, 0.6) is 0 Å². The van der Waals surface area contributed by atoms with Gasteiger partial charge in [-0.25, -0.2) is 4.84 Å². The van der Waals surface area contributed by atoms with E-state index in [9.17, 15) is 8.42 Å². The largest absolute Gasteiger partial charge is 0.286 e. The molecule has 0 N–H and O–H groups in total. The fraction of sp³-hybridized carbons (Fsp3) is 0.0714. The molecule has 0 saturated heterocycles. The Kier molecular flexibility index (Phi) is 6.32. The Morgan fingerprint density at radius 3 is 1.91 bits per heavy atom. The van der Waals surface area contributed by atoms with Crippen LogP contribution in [-0.4, -0.2) is 12.9 Å². The molecule has 1 unspecified atom stereocenters. The van der Waals surface area contributed by atoms with Crippen LogP contribution in [0.15, 0.2) is 119 Å². The third-order valence-corrected chi connectivity index (χ3v) is 8.68. The Labute approximate surface area is 218 Å². The molecule has 176 valence electrons. The predicted molar refractivity (Wildman–Crippen MR) is 142 cm³/mol. The zero-order valence-corrected chi connectivity index (χ0v) is 21.9. The van der Waals surface area contributed by atoms with Crippen molar-refractivity contribution in [3.8, 4) is 0 Å². The smallest absolute Gasteiger partial charge is 0.236 e. The summed E-state index contributed by atoms with van der Waals surface area (Å²) in [5, 5.41) is 0.572. The minimum atomic E-state index is -4.08. The van der Waals surface area contributed by atoms with Gasteiger partial charge in [0.05, 0.1) is 9.38 Å². The molecule has 5 rings (SSSR count). The van der Waals surface area contributed by atoms with E-state index in [0.29, 0.717) is 20.8 Å². The summed E-state index contributed by atoms with van der Waals surface area (Å²) in [5.41, 5.74) is 2.31. The van der Waals surface area contributed by atoms with E-state index in [1.807, 2.05) is 79.7 Å². The van der Waals surface area contributed by atoms with Crippen LogP contribution < -0.4 is 0 Å². The van der Waals surface area contributed by atoms with E-state index in [2.05, 4.69) is 15.9 Å². The summed E-state index contributed by atoms with van der Waals surface area (Å²) in [5.74, 6) is 0. The lowest BCUT2D eigenvalue weighted by Gasteiger charge is -2.31. The molecule has 0 spiro atoms. The number of halogens is 2. The molecule has 1 heterocycles. The fourth-order valence-electron chi connectivity index (χ4n) is 4.14. The minimum absolute atomic E-state index is 0.136. The van der Waals surface area contributed by atoms with Crippen molar-refractivity contribution < 1.29 is 13.3 Å². The molecule has 0 bridgehead atoms. The number of aryl methyl sites for hydroxylation is 1. The number of nitrogens with zero attached hydrogens (tertiary/aromatic N) is 1. The van der Waals surface area contributed by atoms with Gasteiger partial charge in [0.25, 0.3) is 10.0 Å². The Hall–Kier alpha value is -2.90. The van der Waals surface area contributed by atoms with Gasteiger partial charge in [0.1, 0.15) is 5.70 Å².